The van der Waals surface area contributed by atoms with Crippen molar-refractivity contribution in [2.75, 3.05) is 11.9 Å². The summed E-state index contributed by atoms with van der Waals surface area (Å²) in [6, 6.07) is 0.468. The first-order chi connectivity index (χ1) is 8.15. The zero-order valence-corrected chi connectivity index (χ0v) is 11.0. The van der Waals surface area contributed by atoms with Crippen LogP contribution in [-0.2, 0) is 11.3 Å². The molecule has 2 unspecified atom stereocenters. The van der Waals surface area contributed by atoms with Gasteiger partial charge in [-0.05, 0) is 25.7 Å². The lowest BCUT2D eigenvalue weighted by Gasteiger charge is -2.17. The average molecular weight is 237 g/mol. The van der Waals surface area contributed by atoms with Crippen molar-refractivity contribution in [3.8, 4) is 0 Å². The van der Waals surface area contributed by atoms with E-state index in [1.165, 1.54) is 6.42 Å². The number of aromatic nitrogens is 2. The summed E-state index contributed by atoms with van der Waals surface area (Å²) >= 11 is 0. The Kier molecular flexibility index (Phi) is 4.05. The van der Waals surface area contributed by atoms with Crippen LogP contribution in [-0.4, -0.2) is 28.5 Å². The smallest absolute Gasteiger partial charge is 0.0771 e. The molecule has 0 aliphatic carbocycles. The van der Waals surface area contributed by atoms with Gasteiger partial charge in [0, 0.05) is 18.8 Å². The van der Waals surface area contributed by atoms with Crippen molar-refractivity contribution < 1.29 is 4.74 Å². The highest BCUT2D eigenvalue weighted by Crippen LogP contribution is 2.16. The van der Waals surface area contributed by atoms with E-state index in [4.69, 9.17) is 4.74 Å². The van der Waals surface area contributed by atoms with Crippen LogP contribution >= 0.6 is 0 Å². The minimum Gasteiger partial charge on any atom is -0.380 e. The van der Waals surface area contributed by atoms with Gasteiger partial charge in [0.2, 0.25) is 0 Å². The molecule has 1 N–H and O–H groups in total. The van der Waals surface area contributed by atoms with E-state index < -0.39 is 0 Å². The van der Waals surface area contributed by atoms with Gasteiger partial charge in [0.15, 0.2) is 0 Å². The topological polar surface area (TPSA) is 39.1 Å². The molecule has 1 aliphatic heterocycles. The first-order valence-corrected chi connectivity index (χ1v) is 6.55. The molecule has 17 heavy (non-hydrogen) atoms. The van der Waals surface area contributed by atoms with Crippen molar-refractivity contribution in [2.45, 2.75) is 52.3 Å². The van der Waals surface area contributed by atoms with Gasteiger partial charge in [0.1, 0.15) is 0 Å². The Morgan fingerprint density at radius 3 is 3.00 bits per heavy atom. The van der Waals surface area contributed by atoms with Gasteiger partial charge < -0.3 is 10.1 Å². The Morgan fingerprint density at radius 2 is 2.35 bits per heavy atom. The van der Waals surface area contributed by atoms with E-state index in [1.807, 2.05) is 10.9 Å². The molecule has 1 fully saturated rings. The standard InChI is InChI=1S/C13H23N3O/c1-10(2)11(3)15-12-7-14-16(8-12)9-13-5-4-6-17-13/h7-8,10-11,13,15H,4-6,9H2,1-3H3. The van der Waals surface area contributed by atoms with Crippen LogP contribution in [0.2, 0.25) is 0 Å². The van der Waals surface area contributed by atoms with Crippen LogP contribution in [0.3, 0.4) is 0 Å². The monoisotopic (exact) mass is 237 g/mol. The van der Waals surface area contributed by atoms with Gasteiger partial charge in [-0.25, -0.2) is 0 Å². The van der Waals surface area contributed by atoms with E-state index in [0.717, 1.165) is 25.3 Å². The summed E-state index contributed by atoms with van der Waals surface area (Å²) in [4.78, 5) is 0. The fourth-order valence-corrected chi connectivity index (χ4v) is 1.96. The van der Waals surface area contributed by atoms with Gasteiger partial charge in [-0.1, -0.05) is 13.8 Å². The maximum absolute atomic E-state index is 5.60. The number of ether oxygens (including phenoxy) is 1. The molecule has 0 spiro atoms. The molecule has 1 saturated heterocycles. The van der Waals surface area contributed by atoms with Gasteiger partial charge >= 0.3 is 0 Å². The molecule has 0 radical (unpaired) electrons. The Balaban J connectivity index is 1.86. The maximum Gasteiger partial charge on any atom is 0.0771 e. The fourth-order valence-electron chi connectivity index (χ4n) is 1.96. The molecule has 0 aromatic carbocycles. The largest absolute Gasteiger partial charge is 0.380 e. The van der Waals surface area contributed by atoms with Crippen molar-refractivity contribution in [3.05, 3.63) is 12.4 Å². The van der Waals surface area contributed by atoms with Crippen molar-refractivity contribution in [1.29, 1.82) is 0 Å². The lowest BCUT2D eigenvalue weighted by Crippen LogP contribution is -2.21. The number of anilines is 1. The molecule has 2 rings (SSSR count). The van der Waals surface area contributed by atoms with Crippen LogP contribution in [0.4, 0.5) is 5.69 Å². The lowest BCUT2D eigenvalue weighted by molar-refractivity contribution is 0.0940. The highest BCUT2D eigenvalue weighted by Gasteiger charge is 2.16. The summed E-state index contributed by atoms with van der Waals surface area (Å²) in [7, 11) is 0. The first kappa shape index (κ1) is 12.4. The zero-order valence-electron chi connectivity index (χ0n) is 11.0. The summed E-state index contributed by atoms with van der Waals surface area (Å²) in [6.07, 6.45) is 6.66. The molecule has 4 heteroatoms. The number of hydrogen-bond donors (Lipinski definition) is 1. The lowest BCUT2D eigenvalue weighted by atomic mass is 10.1. The quantitative estimate of drug-likeness (QED) is 0.855. The number of nitrogens with one attached hydrogen (secondary N) is 1. The van der Waals surface area contributed by atoms with Crippen LogP contribution in [0, 0.1) is 5.92 Å². The van der Waals surface area contributed by atoms with Crippen LogP contribution in [0.15, 0.2) is 12.4 Å². The predicted octanol–water partition coefficient (Wildman–Crippen LogP) is 2.52. The second-order valence-electron chi connectivity index (χ2n) is 5.26. The molecular formula is C13H23N3O. The van der Waals surface area contributed by atoms with Gasteiger partial charge in [-0.2, -0.15) is 5.10 Å². The minimum absolute atomic E-state index is 0.352. The molecule has 1 aliphatic rings. The van der Waals surface area contributed by atoms with Crippen LogP contribution in [0.5, 0.6) is 0 Å². The Bertz CT molecular complexity index is 324. The molecule has 0 saturated carbocycles. The van der Waals surface area contributed by atoms with E-state index in [9.17, 15) is 0 Å². The van der Waals surface area contributed by atoms with E-state index in [2.05, 4.69) is 37.4 Å². The third-order valence-corrected chi connectivity index (χ3v) is 3.44. The van der Waals surface area contributed by atoms with Crippen LogP contribution < -0.4 is 5.32 Å². The predicted molar refractivity (Wildman–Crippen MR) is 69.1 cm³/mol. The summed E-state index contributed by atoms with van der Waals surface area (Å²) in [6.45, 7) is 8.41. The van der Waals surface area contributed by atoms with Crippen LogP contribution in [0.1, 0.15) is 33.6 Å². The number of rotatable bonds is 5. The van der Waals surface area contributed by atoms with Gasteiger partial charge in [-0.3, -0.25) is 4.68 Å². The maximum atomic E-state index is 5.60. The molecule has 4 nitrogen and oxygen atoms in total. The Morgan fingerprint density at radius 1 is 1.53 bits per heavy atom. The Hall–Kier alpha value is -1.03. The molecule has 1 aromatic rings. The van der Waals surface area contributed by atoms with Crippen molar-refractivity contribution >= 4 is 5.69 Å². The molecule has 2 atom stereocenters. The summed E-state index contributed by atoms with van der Waals surface area (Å²) in [5, 5.41) is 7.83. The van der Waals surface area contributed by atoms with E-state index in [0.29, 0.717) is 18.1 Å². The molecule has 1 aromatic heterocycles. The summed E-state index contributed by atoms with van der Waals surface area (Å²) in [5.41, 5.74) is 1.10. The third kappa shape index (κ3) is 3.46. The minimum atomic E-state index is 0.352. The van der Waals surface area contributed by atoms with Gasteiger partial charge in [-0.15, -0.1) is 0 Å². The summed E-state index contributed by atoms with van der Waals surface area (Å²) < 4.78 is 7.58. The molecule has 96 valence electrons. The zero-order chi connectivity index (χ0) is 12.3. The fraction of sp³-hybridized carbons (Fsp3) is 0.769. The number of hydrogen-bond acceptors (Lipinski definition) is 3. The van der Waals surface area contributed by atoms with Crippen molar-refractivity contribution in [3.63, 3.8) is 0 Å². The SMILES string of the molecule is CC(C)C(C)Nc1cnn(CC2CCCO2)c1. The normalized spacial score (nSPS) is 22.0. The molecule has 2 heterocycles. The van der Waals surface area contributed by atoms with E-state index in [1.54, 1.807) is 0 Å². The molecule has 0 amide bonds. The van der Waals surface area contributed by atoms with Crippen molar-refractivity contribution in [1.82, 2.24) is 9.78 Å². The molecule has 0 bridgehead atoms. The first-order valence-electron chi connectivity index (χ1n) is 6.55. The third-order valence-electron chi connectivity index (χ3n) is 3.44. The van der Waals surface area contributed by atoms with Crippen LogP contribution in [0.25, 0.3) is 0 Å². The Labute approximate surface area is 103 Å². The van der Waals surface area contributed by atoms with Gasteiger partial charge in [0.05, 0.1) is 24.5 Å². The summed E-state index contributed by atoms with van der Waals surface area (Å²) in [5.74, 6) is 0.622. The van der Waals surface area contributed by atoms with E-state index in [-0.39, 0.29) is 0 Å². The van der Waals surface area contributed by atoms with E-state index >= 15 is 0 Å². The van der Waals surface area contributed by atoms with Crippen molar-refractivity contribution in [2.24, 2.45) is 5.92 Å². The molecular weight excluding hydrogens is 214 g/mol. The van der Waals surface area contributed by atoms with Gasteiger partial charge in [0.25, 0.3) is 0 Å². The number of nitrogens with zero attached hydrogens (tertiary/aromatic N) is 2. The average Bonchev–Trinajstić information content (AvgIpc) is 2.91. The second-order valence-corrected chi connectivity index (χ2v) is 5.26. The highest BCUT2D eigenvalue weighted by atomic mass is 16.5. The second kappa shape index (κ2) is 5.54. The highest BCUT2D eigenvalue weighted by molar-refractivity contribution is 5.39.